The monoisotopic (exact) mass is 307 g/mol. The van der Waals surface area contributed by atoms with Crippen LogP contribution in [-0.2, 0) is 9.53 Å². The smallest absolute Gasteiger partial charge is 0.241 e. The highest BCUT2D eigenvalue weighted by Crippen LogP contribution is 2.25. The summed E-state index contributed by atoms with van der Waals surface area (Å²) in [7, 11) is 1.48. The zero-order valence-corrected chi connectivity index (χ0v) is 12.6. The van der Waals surface area contributed by atoms with Gasteiger partial charge in [0.1, 0.15) is 0 Å². The van der Waals surface area contributed by atoms with Gasteiger partial charge in [0.15, 0.2) is 11.5 Å². The summed E-state index contributed by atoms with van der Waals surface area (Å²) in [6, 6.07) is 4.83. The number of methoxy groups -OCH3 is 1. The van der Waals surface area contributed by atoms with E-state index in [1.54, 1.807) is 12.1 Å². The van der Waals surface area contributed by atoms with Gasteiger partial charge in [-0.25, -0.2) is 5.43 Å². The number of hydrazone groups is 1. The zero-order chi connectivity index (χ0) is 15.8. The molecule has 0 bridgehead atoms. The Bertz CT molecular complexity index is 528. The van der Waals surface area contributed by atoms with Gasteiger partial charge in [0, 0.05) is 26.1 Å². The van der Waals surface area contributed by atoms with Gasteiger partial charge in [-0.15, -0.1) is 0 Å². The predicted octanol–water partition coefficient (Wildman–Crippen LogP) is 0.573. The van der Waals surface area contributed by atoms with Gasteiger partial charge >= 0.3 is 0 Å². The molecule has 22 heavy (non-hydrogen) atoms. The summed E-state index contributed by atoms with van der Waals surface area (Å²) in [5.41, 5.74) is 3.22. The molecule has 1 aliphatic rings. The molecule has 0 saturated carbocycles. The van der Waals surface area contributed by atoms with Crippen molar-refractivity contribution in [2.24, 2.45) is 5.10 Å². The molecule has 1 fully saturated rings. The van der Waals surface area contributed by atoms with E-state index in [0.29, 0.717) is 18.7 Å². The fourth-order valence-electron chi connectivity index (χ4n) is 2.09. The molecule has 0 aliphatic carbocycles. The highest BCUT2D eigenvalue weighted by molar-refractivity contribution is 5.83. The molecule has 0 aromatic heterocycles. The highest BCUT2D eigenvalue weighted by atomic mass is 16.5. The second-order valence-corrected chi connectivity index (χ2v) is 4.93. The third-order valence-corrected chi connectivity index (χ3v) is 3.37. The third kappa shape index (κ3) is 5.01. The molecule has 2 rings (SSSR count). The van der Waals surface area contributed by atoms with Crippen LogP contribution in [0.4, 0.5) is 0 Å². The molecule has 1 amide bonds. The van der Waals surface area contributed by atoms with Crippen LogP contribution >= 0.6 is 0 Å². The van der Waals surface area contributed by atoms with Crippen LogP contribution in [0.15, 0.2) is 23.3 Å². The van der Waals surface area contributed by atoms with Crippen molar-refractivity contribution in [3.63, 3.8) is 0 Å². The largest absolute Gasteiger partial charge is 0.504 e. The number of carbonyl (C=O) groups excluding carboxylic acids is 1. The quantitative estimate of drug-likeness (QED) is 0.593. The molecule has 1 aliphatic heterocycles. The summed E-state index contributed by atoms with van der Waals surface area (Å²) in [5.74, 6) is 0.297. The van der Waals surface area contributed by atoms with Gasteiger partial charge < -0.3 is 14.6 Å². The number of ether oxygens (including phenoxy) is 2. The minimum absolute atomic E-state index is 0.0641. The standard InChI is InChI=1S/C15H21N3O4/c1-21-14-10-12(2-3-13(14)19)11-16-17-15(20)4-5-18-6-8-22-9-7-18/h2-3,10-11,19H,4-9H2,1H3,(H,17,20)/b16-11+. The van der Waals surface area contributed by atoms with Gasteiger partial charge in [-0.2, -0.15) is 5.10 Å². The Morgan fingerprint density at radius 1 is 1.50 bits per heavy atom. The number of nitrogens with one attached hydrogen (secondary N) is 1. The molecular formula is C15H21N3O4. The average molecular weight is 307 g/mol. The van der Waals surface area contributed by atoms with Gasteiger partial charge in [0.2, 0.25) is 5.91 Å². The fourth-order valence-corrected chi connectivity index (χ4v) is 2.09. The number of hydrogen-bond acceptors (Lipinski definition) is 6. The fraction of sp³-hybridized carbons (Fsp3) is 0.467. The van der Waals surface area contributed by atoms with Crippen LogP contribution in [0.5, 0.6) is 11.5 Å². The molecule has 0 radical (unpaired) electrons. The van der Waals surface area contributed by atoms with Gasteiger partial charge in [0.05, 0.1) is 26.5 Å². The lowest BCUT2D eigenvalue weighted by atomic mass is 10.2. The van der Waals surface area contributed by atoms with Crippen LogP contribution in [0.3, 0.4) is 0 Å². The van der Waals surface area contributed by atoms with Crippen molar-refractivity contribution >= 4 is 12.1 Å². The maximum absolute atomic E-state index is 11.7. The molecule has 0 unspecified atom stereocenters. The molecule has 7 heteroatoms. The van der Waals surface area contributed by atoms with E-state index in [2.05, 4.69) is 15.4 Å². The van der Waals surface area contributed by atoms with Crippen molar-refractivity contribution in [1.29, 1.82) is 0 Å². The van der Waals surface area contributed by atoms with Crippen LogP contribution in [0, 0.1) is 0 Å². The number of rotatable bonds is 6. The van der Waals surface area contributed by atoms with E-state index in [4.69, 9.17) is 9.47 Å². The van der Waals surface area contributed by atoms with E-state index in [1.165, 1.54) is 19.4 Å². The highest BCUT2D eigenvalue weighted by Gasteiger charge is 2.11. The molecule has 1 aromatic carbocycles. The number of benzene rings is 1. The predicted molar refractivity (Wildman–Crippen MR) is 82.3 cm³/mol. The van der Waals surface area contributed by atoms with Gasteiger partial charge in [-0.1, -0.05) is 0 Å². The second-order valence-electron chi connectivity index (χ2n) is 4.93. The Kier molecular flexibility index (Phi) is 6.17. The number of amides is 1. The van der Waals surface area contributed by atoms with Gasteiger partial charge in [-0.3, -0.25) is 9.69 Å². The minimum Gasteiger partial charge on any atom is -0.504 e. The Balaban J connectivity index is 1.75. The summed E-state index contributed by atoms with van der Waals surface area (Å²) < 4.78 is 10.3. The van der Waals surface area contributed by atoms with Gasteiger partial charge in [-0.05, 0) is 23.8 Å². The summed E-state index contributed by atoms with van der Waals surface area (Å²) in [5, 5.41) is 13.4. The molecule has 7 nitrogen and oxygen atoms in total. The molecular weight excluding hydrogens is 286 g/mol. The van der Waals surface area contributed by atoms with Crippen molar-refractivity contribution in [2.45, 2.75) is 6.42 Å². The molecule has 0 atom stereocenters. The number of nitrogens with zero attached hydrogens (tertiary/aromatic N) is 2. The van der Waals surface area contributed by atoms with Crippen LogP contribution in [0.2, 0.25) is 0 Å². The maximum atomic E-state index is 11.7. The van der Waals surface area contributed by atoms with E-state index in [9.17, 15) is 9.90 Å². The minimum atomic E-state index is -0.131. The van der Waals surface area contributed by atoms with Crippen molar-refractivity contribution in [3.05, 3.63) is 23.8 Å². The Labute approximate surface area is 129 Å². The van der Waals surface area contributed by atoms with Crippen molar-refractivity contribution in [2.75, 3.05) is 40.0 Å². The summed E-state index contributed by atoms with van der Waals surface area (Å²) in [6.07, 6.45) is 1.91. The lowest BCUT2D eigenvalue weighted by molar-refractivity contribution is -0.121. The third-order valence-electron chi connectivity index (χ3n) is 3.37. The topological polar surface area (TPSA) is 83.4 Å². The van der Waals surface area contributed by atoms with Crippen LogP contribution in [-0.4, -0.2) is 62.1 Å². The summed E-state index contributed by atoms with van der Waals surface area (Å²) in [4.78, 5) is 13.9. The first-order valence-corrected chi connectivity index (χ1v) is 7.18. The van der Waals surface area contributed by atoms with E-state index in [0.717, 1.165) is 31.9 Å². The molecule has 1 aromatic rings. The first-order valence-electron chi connectivity index (χ1n) is 7.18. The Morgan fingerprint density at radius 3 is 3.00 bits per heavy atom. The number of phenols is 1. The first-order chi connectivity index (χ1) is 10.7. The molecule has 0 spiro atoms. The Hall–Kier alpha value is -2.12. The summed E-state index contributed by atoms with van der Waals surface area (Å²) >= 11 is 0. The molecule has 1 heterocycles. The lowest BCUT2D eigenvalue weighted by Gasteiger charge is -2.25. The number of hydrogen-bond donors (Lipinski definition) is 2. The number of aromatic hydroxyl groups is 1. The van der Waals surface area contributed by atoms with Crippen molar-refractivity contribution in [1.82, 2.24) is 10.3 Å². The Morgan fingerprint density at radius 2 is 2.27 bits per heavy atom. The first kappa shape index (κ1) is 16.3. The van der Waals surface area contributed by atoms with Crippen LogP contribution in [0.1, 0.15) is 12.0 Å². The normalized spacial score (nSPS) is 15.9. The zero-order valence-electron chi connectivity index (χ0n) is 12.6. The van der Waals surface area contributed by atoms with Crippen LogP contribution < -0.4 is 10.2 Å². The van der Waals surface area contributed by atoms with E-state index < -0.39 is 0 Å². The van der Waals surface area contributed by atoms with E-state index >= 15 is 0 Å². The van der Waals surface area contributed by atoms with Crippen LogP contribution in [0.25, 0.3) is 0 Å². The lowest BCUT2D eigenvalue weighted by Crippen LogP contribution is -2.38. The van der Waals surface area contributed by atoms with E-state index in [1.807, 2.05) is 0 Å². The van der Waals surface area contributed by atoms with Gasteiger partial charge in [0.25, 0.3) is 0 Å². The number of phenolic OH excluding ortho intramolecular Hbond substituents is 1. The molecule has 120 valence electrons. The van der Waals surface area contributed by atoms with Crippen molar-refractivity contribution in [3.8, 4) is 11.5 Å². The van der Waals surface area contributed by atoms with E-state index in [-0.39, 0.29) is 11.7 Å². The molecule has 1 saturated heterocycles. The average Bonchev–Trinajstić information content (AvgIpc) is 2.55. The summed E-state index contributed by atoms with van der Waals surface area (Å²) in [6.45, 7) is 3.89. The maximum Gasteiger partial charge on any atom is 0.241 e. The second kappa shape index (κ2) is 8.35. The molecule has 2 N–H and O–H groups in total. The number of morpholine rings is 1. The van der Waals surface area contributed by atoms with Crippen molar-refractivity contribution < 1.29 is 19.4 Å². The number of carbonyl (C=O) groups is 1. The SMILES string of the molecule is COc1cc(/C=N/NC(=O)CCN2CCOCC2)ccc1O.